The third-order valence-electron chi connectivity index (χ3n) is 5.44. The van der Waals surface area contributed by atoms with Gasteiger partial charge in [0.2, 0.25) is 6.79 Å². The Morgan fingerprint density at radius 3 is 2.51 bits per heavy atom. The van der Waals surface area contributed by atoms with Crippen LogP contribution in [-0.4, -0.2) is 35.2 Å². The molecule has 1 heterocycles. The molecule has 4 rings (SSSR count). The van der Waals surface area contributed by atoms with Crippen LogP contribution in [-0.2, 0) is 9.53 Å². The summed E-state index contributed by atoms with van der Waals surface area (Å²) < 4.78 is 22.7. The lowest BCUT2D eigenvalue weighted by atomic mass is 10.00. The molecule has 0 spiro atoms. The Bertz CT molecular complexity index is 1230. The number of aromatic hydroxyl groups is 1. The van der Waals surface area contributed by atoms with Crippen LogP contribution < -0.4 is 25.0 Å². The van der Waals surface area contributed by atoms with Gasteiger partial charge in [0.05, 0.1) is 0 Å². The van der Waals surface area contributed by atoms with Crippen molar-refractivity contribution in [3.8, 4) is 23.0 Å². The number of para-hydroxylation sites is 1. The lowest BCUT2D eigenvalue weighted by Crippen LogP contribution is -2.31. The van der Waals surface area contributed by atoms with E-state index in [-0.39, 0.29) is 12.5 Å². The second kappa shape index (κ2) is 12.3. The number of fused-ring (bicyclic) bond motifs is 1. The van der Waals surface area contributed by atoms with E-state index in [9.17, 15) is 14.7 Å². The first kappa shape index (κ1) is 25.4. The van der Waals surface area contributed by atoms with Crippen LogP contribution in [0, 0.1) is 0 Å². The van der Waals surface area contributed by atoms with Crippen molar-refractivity contribution >= 4 is 17.7 Å². The first-order valence-electron chi connectivity index (χ1n) is 11.5. The number of nitrogens with one attached hydrogen (secondary N) is 2. The largest absolute Gasteiger partial charge is 0.508 e. The number of carbonyl (C=O) groups is 2. The summed E-state index contributed by atoms with van der Waals surface area (Å²) >= 11 is 0. The Hall–Kier alpha value is -4.70. The predicted octanol–water partition coefficient (Wildman–Crippen LogP) is 4.70. The average molecular weight is 507 g/mol. The molecule has 10 heteroatoms. The van der Waals surface area contributed by atoms with Crippen LogP contribution in [0.25, 0.3) is 0 Å². The molecule has 3 aromatic carbocycles. The number of phenolic OH excluding ortho intramolecular Hbond substituents is 1. The molecular weight excluding hydrogens is 480 g/mol. The van der Waals surface area contributed by atoms with E-state index >= 15 is 0 Å². The lowest BCUT2D eigenvalue weighted by Gasteiger charge is -2.28. The van der Waals surface area contributed by atoms with E-state index < -0.39 is 24.2 Å². The molecule has 2 amide bonds. The molecule has 0 aromatic heterocycles. The highest BCUT2D eigenvalue weighted by molar-refractivity contribution is 5.86. The Morgan fingerprint density at radius 1 is 1.00 bits per heavy atom. The van der Waals surface area contributed by atoms with Gasteiger partial charge in [0.25, 0.3) is 5.91 Å². The summed E-state index contributed by atoms with van der Waals surface area (Å²) in [5.74, 6) is 1.06. The highest BCUT2D eigenvalue weighted by Gasteiger charge is 2.29. The van der Waals surface area contributed by atoms with E-state index in [2.05, 4.69) is 5.32 Å². The van der Waals surface area contributed by atoms with Crippen molar-refractivity contribution in [1.29, 1.82) is 0 Å². The van der Waals surface area contributed by atoms with Crippen molar-refractivity contribution in [2.24, 2.45) is 0 Å². The third-order valence-corrected chi connectivity index (χ3v) is 5.44. The molecule has 0 saturated carbocycles. The molecule has 10 nitrogen and oxygen atoms in total. The lowest BCUT2D eigenvalue weighted by molar-refractivity contribution is -0.124. The summed E-state index contributed by atoms with van der Waals surface area (Å²) in [6.45, 7) is 0.110. The monoisotopic (exact) mass is 506 g/mol. The van der Waals surface area contributed by atoms with Crippen LogP contribution in [0.3, 0.4) is 0 Å². The van der Waals surface area contributed by atoms with Gasteiger partial charge in [0.15, 0.2) is 17.6 Å². The highest BCUT2D eigenvalue weighted by Crippen LogP contribution is 2.35. The van der Waals surface area contributed by atoms with E-state index in [1.807, 2.05) is 18.2 Å². The van der Waals surface area contributed by atoms with Gasteiger partial charge in [-0.25, -0.2) is 10.3 Å². The maximum Gasteiger partial charge on any atom is 0.412 e. The number of allylic oxidation sites excluding steroid dienone is 1. The molecule has 1 aliphatic heterocycles. The topological polar surface area (TPSA) is 136 Å². The zero-order chi connectivity index (χ0) is 26.0. The summed E-state index contributed by atoms with van der Waals surface area (Å²) in [6, 6.07) is 20.3. The summed E-state index contributed by atoms with van der Waals surface area (Å²) in [5.41, 5.74) is 2.59. The Kier molecular flexibility index (Phi) is 8.45. The minimum atomic E-state index is -0.880. The summed E-state index contributed by atoms with van der Waals surface area (Å²) in [7, 11) is 0. The van der Waals surface area contributed by atoms with Crippen LogP contribution in [0.5, 0.6) is 23.0 Å². The Balaban J connectivity index is 1.56. The highest BCUT2D eigenvalue weighted by atomic mass is 16.7. The van der Waals surface area contributed by atoms with E-state index in [1.165, 1.54) is 23.7 Å². The number of anilines is 1. The van der Waals surface area contributed by atoms with Crippen LogP contribution in [0.15, 0.2) is 84.9 Å². The van der Waals surface area contributed by atoms with Gasteiger partial charge in [-0.1, -0.05) is 36.4 Å². The first-order chi connectivity index (χ1) is 18.0. The van der Waals surface area contributed by atoms with Crippen molar-refractivity contribution in [1.82, 2.24) is 5.48 Å². The molecule has 2 atom stereocenters. The number of hydrogen-bond acceptors (Lipinski definition) is 8. The normalized spacial score (nSPS) is 13.5. The average Bonchev–Trinajstić information content (AvgIpc) is 3.38. The molecule has 0 radical (unpaired) electrons. The second-order valence-electron chi connectivity index (χ2n) is 8.04. The van der Waals surface area contributed by atoms with E-state index in [0.717, 1.165) is 0 Å². The number of amides is 2. The summed E-state index contributed by atoms with van der Waals surface area (Å²) in [4.78, 5) is 24.3. The summed E-state index contributed by atoms with van der Waals surface area (Å²) in [6.07, 6.45) is 1.23. The van der Waals surface area contributed by atoms with Crippen molar-refractivity contribution in [2.75, 3.05) is 12.1 Å². The smallest absolute Gasteiger partial charge is 0.412 e. The number of ether oxygens (including phenoxy) is 4. The SMILES string of the molecule is O=C(/C=C/CC[C@H](Oc1ccccc1)[C@@H](OC(=O)Nc1ccc2c(c1)OCO2)c1ccc(O)cc1)NO. The molecule has 37 heavy (non-hydrogen) atoms. The molecule has 0 unspecified atom stereocenters. The number of rotatable bonds is 10. The molecule has 0 saturated heterocycles. The van der Waals surface area contributed by atoms with Gasteiger partial charge in [-0.05, 0) is 54.8 Å². The van der Waals surface area contributed by atoms with E-state index in [4.69, 9.17) is 24.2 Å². The maximum atomic E-state index is 13.0. The van der Waals surface area contributed by atoms with Crippen LogP contribution >= 0.6 is 0 Å². The van der Waals surface area contributed by atoms with E-state index in [1.54, 1.807) is 48.5 Å². The van der Waals surface area contributed by atoms with Crippen LogP contribution in [0.4, 0.5) is 10.5 Å². The van der Waals surface area contributed by atoms with Gasteiger partial charge in [0.1, 0.15) is 17.6 Å². The molecular formula is C27H26N2O8. The fourth-order valence-corrected chi connectivity index (χ4v) is 3.69. The minimum absolute atomic E-state index is 0.0609. The third kappa shape index (κ3) is 7.15. The van der Waals surface area contributed by atoms with Crippen LogP contribution in [0.1, 0.15) is 24.5 Å². The predicted molar refractivity (Wildman–Crippen MR) is 133 cm³/mol. The Morgan fingerprint density at radius 2 is 1.76 bits per heavy atom. The van der Waals surface area contributed by atoms with Gasteiger partial charge < -0.3 is 24.1 Å². The molecule has 3 aromatic rings. The number of phenols is 1. The van der Waals surface area contributed by atoms with Gasteiger partial charge in [-0.3, -0.25) is 15.3 Å². The first-order valence-corrected chi connectivity index (χ1v) is 11.5. The number of benzene rings is 3. The zero-order valence-corrected chi connectivity index (χ0v) is 19.7. The quantitative estimate of drug-likeness (QED) is 0.177. The molecule has 1 aliphatic rings. The fourth-order valence-electron chi connectivity index (χ4n) is 3.69. The standard InChI is InChI=1S/C27H26N2O8/c30-20-13-10-18(11-14-20)26(37-27(32)28-19-12-15-22-24(16-19)35-17-34-22)23(8-4-5-9-25(31)29-33)36-21-6-2-1-3-7-21/h1-3,5-7,9-16,23,26,30,33H,4,8,17H2,(H,28,32)(H,29,31)/b9-5+/t23-,26-/m0/s1. The molecule has 0 bridgehead atoms. The van der Waals surface area contributed by atoms with Crippen LogP contribution in [0.2, 0.25) is 0 Å². The molecule has 0 aliphatic carbocycles. The fraction of sp³-hybridized carbons (Fsp3) is 0.185. The molecule has 0 fully saturated rings. The molecule has 192 valence electrons. The van der Waals surface area contributed by atoms with Crippen molar-refractivity contribution in [3.05, 3.63) is 90.5 Å². The van der Waals surface area contributed by atoms with Gasteiger partial charge in [0, 0.05) is 17.8 Å². The zero-order valence-electron chi connectivity index (χ0n) is 19.7. The number of hydroxylamine groups is 1. The minimum Gasteiger partial charge on any atom is -0.508 e. The second-order valence-corrected chi connectivity index (χ2v) is 8.04. The van der Waals surface area contributed by atoms with Gasteiger partial charge >= 0.3 is 6.09 Å². The van der Waals surface area contributed by atoms with Gasteiger partial charge in [-0.2, -0.15) is 0 Å². The Labute approximate surface area is 213 Å². The van der Waals surface area contributed by atoms with Crippen molar-refractivity contribution in [2.45, 2.75) is 25.0 Å². The van der Waals surface area contributed by atoms with E-state index in [0.29, 0.717) is 41.3 Å². The molecule has 4 N–H and O–H groups in total. The number of carbonyl (C=O) groups excluding carboxylic acids is 2. The van der Waals surface area contributed by atoms with Crippen molar-refractivity contribution in [3.63, 3.8) is 0 Å². The maximum absolute atomic E-state index is 13.0. The van der Waals surface area contributed by atoms with Gasteiger partial charge in [-0.15, -0.1) is 0 Å². The number of hydrogen-bond donors (Lipinski definition) is 4. The summed E-state index contributed by atoms with van der Waals surface area (Å²) in [5, 5.41) is 21.2. The van der Waals surface area contributed by atoms with Crippen molar-refractivity contribution < 1.29 is 38.9 Å².